The van der Waals surface area contributed by atoms with Crippen LogP contribution in [-0.4, -0.2) is 46.4 Å². The second-order valence-electron chi connectivity index (χ2n) is 6.10. The highest BCUT2D eigenvalue weighted by Gasteiger charge is 2.27. The van der Waals surface area contributed by atoms with Crippen LogP contribution < -0.4 is 5.32 Å². The fourth-order valence-electron chi connectivity index (χ4n) is 2.47. The number of aliphatic imine (C=N–C) groups is 1. The molecule has 0 saturated carbocycles. The average Bonchev–Trinajstić information content (AvgIpc) is 2.37. The maximum atomic E-state index is 12.3. The molecule has 4 nitrogen and oxygen atoms in total. The average molecular weight is 283 g/mol. The van der Waals surface area contributed by atoms with Crippen LogP contribution in [0.25, 0.3) is 0 Å². The van der Waals surface area contributed by atoms with Gasteiger partial charge in [0.15, 0.2) is 5.17 Å². The highest BCUT2D eigenvalue weighted by atomic mass is 32.2. The van der Waals surface area contributed by atoms with Crippen molar-refractivity contribution in [2.75, 3.05) is 18.8 Å². The first-order chi connectivity index (χ1) is 8.98. The maximum Gasteiger partial charge on any atom is 0.247 e. The highest BCUT2D eigenvalue weighted by Crippen LogP contribution is 2.22. The minimum Gasteiger partial charge on any atom is -0.360 e. The third kappa shape index (κ3) is 4.13. The van der Waals surface area contributed by atoms with Crippen LogP contribution in [0.3, 0.4) is 0 Å². The van der Waals surface area contributed by atoms with E-state index in [1.54, 1.807) is 11.8 Å². The minimum atomic E-state index is -0.262. The topological polar surface area (TPSA) is 44.7 Å². The molecule has 1 N–H and O–H groups in total. The van der Waals surface area contributed by atoms with Gasteiger partial charge in [0.1, 0.15) is 6.04 Å². The molecule has 0 bridgehead atoms. The molecule has 2 saturated heterocycles. The number of likely N-dealkylation sites (tertiary alicyclic amines) is 1. The van der Waals surface area contributed by atoms with Gasteiger partial charge in [0.2, 0.25) is 5.91 Å². The quantitative estimate of drug-likeness (QED) is 0.845. The molecule has 2 rings (SSSR count). The molecule has 2 heterocycles. The Bertz CT molecular complexity index is 362. The lowest BCUT2D eigenvalue weighted by atomic mass is 10.0. The zero-order valence-electron chi connectivity index (χ0n) is 12.2. The van der Waals surface area contributed by atoms with Crippen molar-refractivity contribution in [3.05, 3.63) is 0 Å². The van der Waals surface area contributed by atoms with E-state index >= 15 is 0 Å². The number of hydrogen-bond donors (Lipinski definition) is 1. The number of carbonyl (C=O) groups is 1. The molecule has 19 heavy (non-hydrogen) atoms. The lowest BCUT2D eigenvalue weighted by Gasteiger charge is -2.33. The predicted molar refractivity (Wildman–Crippen MR) is 81.6 cm³/mol. The predicted octanol–water partition coefficient (Wildman–Crippen LogP) is 2.25. The van der Waals surface area contributed by atoms with Crippen molar-refractivity contribution in [1.82, 2.24) is 10.2 Å². The Kier molecular flexibility index (Phi) is 4.76. The van der Waals surface area contributed by atoms with E-state index in [0.29, 0.717) is 0 Å². The zero-order chi connectivity index (χ0) is 13.9. The van der Waals surface area contributed by atoms with E-state index < -0.39 is 0 Å². The summed E-state index contributed by atoms with van der Waals surface area (Å²) in [4.78, 5) is 18.9. The molecule has 0 aliphatic carbocycles. The summed E-state index contributed by atoms with van der Waals surface area (Å²) in [6.45, 7) is 8.08. The minimum absolute atomic E-state index is 0.0952. The van der Waals surface area contributed by atoms with E-state index in [9.17, 15) is 4.79 Å². The van der Waals surface area contributed by atoms with Crippen LogP contribution in [0.2, 0.25) is 0 Å². The van der Waals surface area contributed by atoms with Crippen LogP contribution in [0, 0.1) is 0 Å². The summed E-state index contributed by atoms with van der Waals surface area (Å²) in [6, 6.07) is -0.262. The molecule has 2 fully saturated rings. The summed E-state index contributed by atoms with van der Waals surface area (Å²) in [5.41, 5.74) is 0.0952. The lowest BCUT2D eigenvalue weighted by molar-refractivity contribution is -0.132. The second-order valence-corrected chi connectivity index (χ2v) is 7.19. The van der Waals surface area contributed by atoms with Crippen LogP contribution in [0.1, 0.15) is 46.5 Å². The maximum absolute atomic E-state index is 12.3. The summed E-state index contributed by atoms with van der Waals surface area (Å²) in [6.07, 6.45) is 4.65. The molecule has 0 aromatic heterocycles. The third-order valence-corrected chi connectivity index (χ3v) is 4.64. The number of carbonyl (C=O) groups excluding carboxylic acids is 1. The van der Waals surface area contributed by atoms with Gasteiger partial charge < -0.3 is 10.2 Å². The standard InChI is InChI=1S/C14H25N3OS/c1-11(12(18)17-8-5-4-6-9-17)15-13-16-14(2,3)7-10-19-13/h11H,4-10H2,1-3H3,(H,15,16). The Labute approximate surface area is 120 Å². The Morgan fingerprint density at radius 3 is 2.68 bits per heavy atom. The number of thioether (sulfide) groups is 1. The van der Waals surface area contributed by atoms with Gasteiger partial charge in [-0.25, -0.2) is 4.99 Å². The molecular weight excluding hydrogens is 258 g/mol. The van der Waals surface area contributed by atoms with E-state index in [1.807, 2.05) is 11.8 Å². The van der Waals surface area contributed by atoms with Gasteiger partial charge in [0, 0.05) is 24.4 Å². The van der Waals surface area contributed by atoms with Crippen molar-refractivity contribution in [3.63, 3.8) is 0 Å². The monoisotopic (exact) mass is 283 g/mol. The van der Waals surface area contributed by atoms with E-state index in [1.165, 1.54) is 6.42 Å². The number of piperidine rings is 1. The number of amides is 1. The Balaban J connectivity index is 1.95. The summed E-state index contributed by atoms with van der Waals surface area (Å²) in [5.74, 6) is 1.25. The van der Waals surface area contributed by atoms with Gasteiger partial charge in [-0.3, -0.25) is 4.79 Å². The molecule has 0 spiro atoms. The molecule has 2 aliphatic heterocycles. The fourth-order valence-corrected chi connectivity index (χ4v) is 3.86. The van der Waals surface area contributed by atoms with Gasteiger partial charge in [-0.1, -0.05) is 11.8 Å². The zero-order valence-corrected chi connectivity index (χ0v) is 13.1. The summed E-state index contributed by atoms with van der Waals surface area (Å²) in [5, 5.41) is 4.35. The van der Waals surface area contributed by atoms with Crippen LogP contribution in [0.15, 0.2) is 4.99 Å². The van der Waals surface area contributed by atoms with E-state index in [2.05, 4.69) is 24.2 Å². The SMILES string of the molecule is CC(N=C1NC(C)(C)CCS1)C(=O)N1CCCCC1. The van der Waals surface area contributed by atoms with Gasteiger partial charge in [-0.15, -0.1) is 0 Å². The number of nitrogens with zero attached hydrogens (tertiary/aromatic N) is 2. The van der Waals surface area contributed by atoms with Gasteiger partial charge in [0.25, 0.3) is 0 Å². The van der Waals surface area contributed by atoms with Crippen molar-refractivity contribution in [2.45, 2.75) is 58.0 Å². The normalized spacial score (nSPS) is 26.9. The first-order valence-corrected chi connectivity index (χ1v) is 8.24. The molecule has 1 atom stereocenters. The first kappa shape index (κ1) is 14.7. The van der Waals surface area contributed by atoms with Gasteiger partial charge >= 0.3 is 0 Å². The Morgan fingerprint density at radius 2 is 2.05 bits per heavy atom. The Morgan fingerprint density at radius 1 is 1.37 bits per heavy atom. The molecule has 0 radical (unpaired) electrons. The van der Waals surface area contributed by atoms with E-state index in [0.717, 1.165) is 43.3 Å². The number of rotatable bonds is 2. The van der Waals surface area contributed by atoms with Crippen molar-refractivity contribution < 1.29 is 4.79 Å². The smallest absolute Gasteiger partial charge is 0.247 e. The van der Waals surface area contributed by atoms with E-state index in [4.69, 9.17) is 0 Å². The largest absolute Gasteiger partial charge is 0.360 e. The molecular formula is C14H25N3OS. The molecule has 0 aromatic rings. The molecule has 1 unspecified atom stereocenters. The van der Waals surface area contributed by atoms with Crippen molar-refractivity contribution in [1.29, 1.82) is 0 Å². The lowest BCUT2D eigenvalue weighted by Crippen LogP contribution is -2.47. The molecule has 2 aliphatic rings. The molecule has 1 amide bonds. The number of nitrogens with one attached hydrogen (secondary N) is 1. The van der Waals surface area contributed by atoms with E-state index in [-0.39, 0.29) is 17.5 Å². The van der Waals surface area contributed by atoms with Gasteiger partial charge in [-0.2, -0.15) is 0 Å². The summed E-state index contributed by atoms with van der Waals surface area (Å²) < 4.78 is 0. The van der Waals surface area contributed by atoms with Crippen molar-refractivity contribution in [3.8, 4) is 0 Å². The summed E-state index contributed by atoms with van der Waals surface area (Å²) >= 11 is 1.73. The number of hydrogen-bond acceptors (Lipinski definition) is 3. The van der Waals surface area contributed by atoms with Crippen LogP contribution in [0.4, 0.5) is 0 Å². The molecule has 5 heteroatoms. The van der Waals surface area contributed by atoms with Crippen LogP contribution in [-0.2, 0) is 4.79 Å². The van der Waals surface area contributed by atoms with Gasteiger partial charge in [-0.05, 0) is 46.5 Å². The van der Waals surface area contributed by atoms with Crippen LogP contribution >= 0.6 is 11.8 Å². The number of amidine groups is 1. The van der Waals surface area contributed by atoms with Crippen molar-refractivity contribution >= 4 is 22.8 Å². The third-order valence-electron chi connectivity index (χ3n) is 3.75. The van der Waals surface area contributed by atoms with Crippen molar-refractivity contribution in [2.24, 2.45) is 4.99 Å². The first-order valence-electron chi connectivity index (χ1n) is 7.25. The summed E-state index contributed by atoms with van der Waals surface area (Å²) in [7, 11) is 0. The fraction of sp³-hybridized carbons (Fsp3) is 0.857. The van der Waals surface area contributed by atoms with Gasteiger partial charge in [0.05, 0.1) is 0 Å². The molecule has 108 valence electrons. The second kappa shape index (κ2) is 6.16. The highest BCUT2D eigenvalue weighted by molar-refractivity contribution is 8.13. The van der Waals surface area contributed by atoms with Crippen LogP contribution in [0.5, 0.6) is 0 Å². The molecule has 0 aromatic carbocycles. The Hall–Kier alpha value is -0.710.